The lowest BCUT2D eigenvalue weighted by molar-refractivity contribution is 0.577. The fraction of sp³-hybridized carbons (Fsp3) is 0.300. The summed E-state index contributed by atoms with van der Waals surface area (Å²) >= 11 is 7.41. The zero-order valence-electron chi connectivity index (χ0n) is 8.87. The van der Waals surface area contributed by atoms with Crippen molar-refractivity contribution in [1.29, 1.82) is 0 Å². The van der Waals surface area contributed by atoms with E-state index in [-0.39, 0.29) is 6.04 Å². The van der Waals surface area contributed by atoms with E-state index in [1.807, 2.05) is 17.7 Å². The molecule has 86 valence electrons. The summed E-state index contributed by atoms with van der Waals surface area (Å²) in [6.45, 7) is 4.09. The molecule has 6 heteroatoms. The molecule has 0 aliphatic carbocycles. The SMILES string of the molecule is Cc1nn(C(C)c2ccc(Br)s2)c(N)c1I. The summed E-state index contributed by atoms with van der Waals surface area (Å²) in [6.07, 6.45) is 0. The van der Waals surface area contributed by atoms with Crippen molar-refractivity contribution in [2.24, 2.45) is 0 Å². The molecule has 0 saturated heterocycles. The molecule has 0 amide bonds. The second kappa shape index (κ2) is 4.66. The Balaban J connectivity index is 2.41. The Labute approximate surface area is 120 Å². The quantitative estimate of drug-likeness (QED) is 0.763. The second-order valence-electron chi connectivity index (χ2n) is 3.55. The monoisotopic (exact) mass is 411 g/mol. The van der Waals surface area contributed by atoms with Crippen LogP contribution in [0.1, 0.15) is 23.5 Å². The van der Waals surface area contributed by atoms with Gasteiger partial charge in [0.2, 0.25) is 0 Å². The van der Waals surface area contributed by atoms with E-state index in [1.165, 1.54) is 4.88 Å². The van der Waals surface area contributed by atoms with Crippen molar-refractivity contribution in [2.45, 2.75) is 19.9 Å². The smallest absolute Gasteiger partial charge is 0.136 e. The number of nitrogens with zero attached hydrogens (tertiary/aromatic N) is 2. The average molecular weight is 412 g/mol. The second-order valence-corrected chi connectivity index (χ2v) is 7.12. The van der Waals surface area contributed by atoms with Crippen LogP contribution in [0.15, 0.2) is 15.9 Å². The minimum atomic E-state index is 0.179. The maximum absolute atomic E-state index is 6.03. The molecule has 3 nitrogen and oxygen atoms in total. The molecule has 0 spiro atoms. The van der Waals surface area contributed by atoms with Crippen molar-refractivity contribution in [3.63, 3.8) is 0 Å². The molecule has 1 unspecified atom stereocenters. The summed E-state index contributed by atoms with van der Waals surface area (Å²) < 4.78 is 4.06. The number of aryl methyl sites for hydroxylation is 1. The first-order valence-electron chi connectivity index (χ1n) is 4.76. The van der Waals surface area contributed by atoms with Crippen molar-refractivity contribution in [1.82, 2.24) is 9.78 Å². The Morgan fingerprint density at radius 2 is 2.25 bits per heavy atom. The fourth-order valence-electron chi connectivity index (χ4n) is 1.51. The van der Waals surface area contributed by atoms with Crippen LogP contribution in [0.2, 0.25) is 0 Å². The van der Waals surface area contributed by atoms with E-state index >= 15 is 0 Å². The van der Waals surface area contributed by atoms with E-state index in [1.54, 1.807) is 11.3 Å². The zero-order chi connectivity index (χ0) is 11.9. The molecule has 2 N–H and O–H groups in total. The highest BCUT2D eigenvalue weighted by Crippen LogP contribution is 2.31. The topological polar surface area (TPSA) is 43.8 Å². The third-order valence-corrected chi connectivity index (χ3v) is 5.55. The van der Waals surface area contributed by atoms with Gasteiger partial charge in [0.05, 0.1) is 19.1 Å². The highest BCUT2D eigenvalue weighted by molar-refractivity contribution is 14.1. The van der Waals surface area contributed by atoms with Crippen molar-refractivity contribution in [2.75, 3.05) is 5.73 Å². The number of nitrogens with two attached hydrogens (primary N) is 1. The van der Waals surface area contributed by atoms with E-state index in [2.05, 4.69) is 56.6 Å². The Morgan fingerprint density at radius 3 is 2.69 bits per heavy atom. The lowest BCUT2D eigenvalue weighted by Crippen LogP contribution is -2.10. The lowest BCUT2D eigenvalue weighted by atomic mass is 10.3. The summed E-state index contributed by atoms with van der Waals surface area (Å²) in [6, 6.07) is 4.33. The fourth-order valence-corrected chi connectivity index (χ4v) is 3.33. The van der Waals surface area contributed by atoms with Crippen molar-refractivity contribution in [3.8, 4) is 0 Å². The van der Waals surface area contributed by atoms with E-state index in [0.717, 1.165) is 18.9 Å². The normalized spacial score (nSPS) is 13.0. The molecule has 0 aliphatic heterocycles. The van der Waals surface area contributed by atoms with Gasteiger partial charge in [-0.3, -0.25) is 0 Å². The Morgan fingerprint density at radius 1 is 1.56 bits per heavy atom. The number of hydrogen-bond acceptors (Lipinski definition) is 3. The molecule has 0 bridgehead atoms. The van der Waals surface area contributed by atoms with Crippen LogP contribution in [0, 0.1) is 10.5 Å². The van der Waals surface area contributed by atoms with E-state index in [4.69, 9.17) is 5.73 Å². The average Bonchev–Trinajstić information content (AvgIpc) is 2.78. The van der Waals surface area contributed by atoms with Crippen LogP contribution in [-0.4, -0.2) is 9.78 Å². The van der Waals surface area contributed by atoms with Gasteiger partial charge in [-0.15, -0.1) is 11.3 Å². The van der Waals surface area contributed by atoms with Gasteiger partial charge >= 0.3 is 0 Å². The molecule has 0 aliphatic rings. The molecule has 0 radical (unpaired) electrons. The minimum Gasteiger partial charge on any atom is -0.383 e. The van der Waals surface area contributed by atoms with Crippen LogP contribution in [-0.2, 0) is 0 Å². The highest BCUT2D eigenvalue weighted by Gasteiger charge is 2.17. The van der Waals surface area contributed by atoms with Crippen molar-refractivity contribution in [3.05, 3.63) is 30.1 Å². The van der Waals surface area contributed by atoms with Crippen LogP contribution < -0.4 is 5.73 Å². The summed E-state index contributed by atoms with van der Waals surface area (Å²) in [5.74, 6) is 0.745. The van der Waals surface area contributed by atoms with Gasteiger partial charge in [-0.05, 0) is 64.5 Å². The first kappa shape index (κ1) is 12.4. The predicted molar refractivity (Wildman–Crippen MR) is 79.9 cm³/mol. The highest BCUT2D eigenvalue weighted by atomic mass is 127. The number of aromatic nitrogens is 2. The van der Waals surface area contributed by atoms with E-state index in [0.29, 0.717) is 0 Å². The number of nitrogen functional groups attached to an aromatic ring is 1. The molecule has 2 aromatic heterocycles. The first-order chi connectivity index (χ1) is 7.50. The lowest BCUT2D eigenvalue weighted by Gasteiger charge is -2.11. The van der Waals surface area contributed by atoms with Crippen molar-refractivity contribution < 1.29 is 0 Å². The summed E-state index contributed by atoms with van der Waals surface area (Å²) in [5, 5.41) is 4.47. The number of anilines is 1. The van der Waals surface area contributed by atoms with Gasteiger partial charge in [0, 0.05) is 4.88 Å². The van der Waals surface area contributed by atoms with Gasteiger partial charge in [-0.1, -0.05) is 0 Å². The minimum absolute atomic E-state index is 0.179. The van der Waals surface area contributed by atoms with Crippen molar-refractivity contribution >= 4 is 55.7 Å². The van der Waals surface area contributed by atoms with Crippen LogP contribution in [0.4, 0.5) is 5.82 Å². The maximum Gasteiger partial charge on any atom is 0.136 e. The molecule has 2 aromatic rings. The number of hydrogen-bond donors (Lipinski definition) is 1. The molecule has 2 rings (SSSR count). The Hall–Kier alpha value is -0.0800. The molecule has 0 aromatic carbocycles. The number of halogens is 2. The van der Waals surface area contributed by atoms with Gasteiger partial charge in [0.25, 0.3) is 0 Å². The predicted octanol–water partition coefficient (Wildman–Crippen LogP) is 3.81. The van der Waals surface area contributed by atoms with Gasteiger partial charge in [0.15, 0.2) is 0 Å². The molecular weight excluding hydrogens is 401 g/mol. The van der Waals surface area contributed by atoms with E-state index in [9.17, 15) is 0 Å². The summed E-state index contributed by atoms with van der Waals surface area (Å²) in [4.78, 5) is 1.25. The number of thiophene rings is 1. The third-order valence-electron chi connectivity index (χ3n) is 2.42. The van der Waals surface area contributed by atoms with Gasteiger partial charge in [-0.25, -0.2) is 4.68 Å². The van der Waals surface area contributed by atoms with Gasteiger partial charge < -0.3 is 5.73 Å². The summed E-state index contributed by atoms with van der Waals surface area (Å²) in [5.41, 5.74) is 7.02. The standard InChI is InChI=1S/C10H11BrIN3S/c1-5-9(12)10(13)15(14-5)6(2)7-3-4-8(11)16-7/h3-4,6H,13H2,1-2H3. The third kappa shape index (κ3) is 2.14. The largest absolute Gasteiger partial charge is 0.383 e. The molecule has 2 heterocycles. The van der Waals surface area contributed by atoms with E-state index < -0.39 is 0 Å². The van der Waals surface area contributed by atoms with Crippen LogP contribution >= 0.6 is 49.9 Å². The maximum atomic E-state index is 6.03. The molecule has 16 heavy (non-hydrogen) atoms. The van der Waals surface area contributed by atoms with Crippen LogP contribution in [0.3, 0.4) is 0 Å². The van der Waals surface area contributed by atoms with Crippen LogP contribution in [0.5, 0.6) is 0 Å². The number of rotatable bonds is 2. The Bertz CT molecular complexity index is 520. The Kier molecular flexibility index (Phi) is 3.60. The molecular formula is C10H11BrIN3S. The summed E-state index contributed by atoms with van der Waals surface area (Å²) in [7, 11) is 0. The molecule has 1 atom stereocenters. The molecule has 0 saturated carbocycles. The van der Waals surface area contributed by atoms with Gasteiger partial charge in [0.1, 0.15) is 5.82 Å². The van der Waals surface area contributed by atoms with Gasteiger partial charge in [-0.2, -0.15) is 5.10 Å². The van der Waals surface area contributed by atoms with Crippen LogP contribution in [0.25, 0.3) is 0 Å². The molecule has 0 fully saturated rings. The zero-order valence-corrected chi connectivity index (χ0v) is 13.4. The first-order valence-corrected chi connectivity index (χ1v) is 7.45.